The fraction of sp³-hybridized carbons (Fsp3) is 0.417. The van der Waals surface area contributed by atoms with Crippen LogP contribution < -0.4 is 5.48 Å². The van der Waals surface area contributed by atoms with Gasteiger partial charge >= 0.3 is 0 Å². The third-order valence-electron chi connectivity index (χ3n) is 2.48. The number of carbonyl (C=O) groups excluding carboxylic acids is 1. The zero-order valence-corrected chi connectivity index (χ0v) is 9.50. The molecule has 16 heavy (non-hydrogen) atoms. The van der Waals surface area contributed by atoms with Gasteiger partial charge in [0.05, 0.1) is 7.11 Å². The average Bonchev–Trinajstić information content (AvgIpc) is 2.27. The van der Waals surface area contributed by atoms with Gasteiger partial charge in [0.1, 0.15) is 5.82 Å². The summed E-state index contributed by atoms with van der Waals surface area (Å²) in [5.74, 6) is -0.339. The minimum atomic E-state index is -0.264. The molecule has 0 saturated carbocycles. The van der Waals surface area contributed by atoms with Crippen LogP contribution >= 0.6 is 0 Å². The largest absolute Gasteiger partial charge is 0.277 e. The van der Waals surface area contributed by atoms with Crippen LogP contribution in [0.1, 0.15) is 31.2 Å². The molecule has 88 valence electrons. The van der Waals surface area contributed by atoms with Gasteiger partial charge in [-0.25, -0.2) is 9.87 Å². The zero-order valence-electron chi connectivity index (χ0n) is 9.50. The maximum Gasteiger partial charge on any atom is 0.244 e. The fourth-order valence-corrected chi connectivity index (χ4v) is 1.61. The summed E-state index contributed by atoms with van der Waals surface area (Å²) >= 11 is 0. The fourth-order valence-electron chi connectivity index (χ4n) is 1.61. The van der Waals surface area contributed by atoms with Gasteiger partial charge in [-0.1, -0.05) is 19.1 Å². The van der Waals surface area contributed by atoms with Gasteiger partial charge in [-0.05, 0) is 30.0 Å². The van der Waals surface area contributed by atoms with Gasteiger partial charge in [-0.15, -0.1) is 0 Å². The van der Waals surface area contributed by atoms with E-state index in [1.807, 2.05) is 6.92 Å². The number of amides is 1. The minimum absolute atomic E-state index is 0.0933. The van der Waals surface area contributed by atoms with Gasteiger partial charge in [-0.2, -0.15) is 0 Å². The Morgan fingerprint density at radius 3 is 2.56 bits per heavy atom. The molecule has 1 amide bonds. The lowest BCUT2D eigenvalue weighted by Crippen LogP contribution is -2.23. The topological polar surface area (TPSA) is 38.3 Å². The molecule has 0 aliphatic rings. The van der Waals surface area contributed by atoms with Gasteiger partial charge < -0.3 is 0 Å². The summed E-state index contributed by atoms with van der Waals surface area (Å²) in [6, 6.07) is 6.24. The molecule has 1 aromatic rings. The van der Waals surface area contributed by atoms with Crippen molar-refractivity contribution >= 4 is 5.91 Å². The Labute approximate surface area is 94.6 Å². The van der Waals surface area contributed by atoms with E-state index >= 15 is 0 Å². The van der Waals surface area contributed by atoms with Crippen LogP contribution in [0.15, 0.2) is 24.3 Å². The van der Waals surface area contributed by atoms with Crippen molar-refractivity contribution in [3.63, 3.8) is 0 Å². The molecule has 0 bridgehead atoms. The summed E-state index contributed by atoms with van der Waals surface area (Å²) in [7, 11) is 1.40. The van der Waals surface area contributed by atoms with Crippen LogP contribution in [-0.2, 0) is 9.63 Å². The molecular formula is C12H16FNO2. The lowest BCUT2D eigenvalue weighted by atomic mass is 9.93. The van der Waals surface area contributed by atoms with E-state index in [0.717, 1.165) is 12.0 Å². The van der Waals surface area contributed by atoms with E-state index < -0.39 is 0 Å². The second kappa shape index (κ2) is 6.23. The lowest BCUT2D eigenvalue weighted by molar-refractivity contribution is -0.131. The molecule has 0 fully saturated rings. The third-order valence-corrected chi connectivity index (χ3v) is 2.48. The highest BCUT2D eigenvalue weighted by molar-refractivity contribution is 5.75. The maximum atomic E-state index is 12.7. The van der Waals surface area contributed by atoms with Crippen LogP contribution in [-0.4, -0.2) is 13.0 Å². The number of rotatable bonds is 5. The highest BCUT2D eigenvalue weighted by Gasteiger charge is 2.14. The predicted octanol–water partition coefficient (Wildman–Crippen LogP) is 2.39. The number of halogens is 1. The summed E-state index contributed by atoms with van der Waals surface area (Å²) < 4.78 is 12.7. The Kier molecular flexibility index (Phi) is 4.92. The Morgan fingerprint density at radius 2 is 2.06 bits per heavy atom. The van der Waals surface area contributed by atoms with E-state index in [0.29, 0.717) is 6.42 Å². The molecule has 0 aromatic heterocycles. The summed E-state index contributed by atoms with van der Waals surface area (Å²) in [6.45, 7) is 1.99. The Balaban J connectivity index is 2.67. The molecule has 0 aliphatic heterocycles. The first-order chi connectivity index (χ1) is 7.67. The Hall–Kier alpha value is -1.42. The average molecular weight is 225 g/mol. The Morgan fingerprint density at radius 1 is 1.44 bits per heavy atom. The molecule has 0 aliphatic carbocycles. The molecule has 1 atom stereocenters. The van der Waals surface area contributed by atoms with Crippen LogP contribution in [0.2, 0.25) is 0 Å². The number of hydrogen-bond donors (Lipinski definition) is 1. The van der Waals surface area contributed by atoms with E-state index in [9.17, 15) is 9.18 Å². The normalized spacial score (nSPS) is 12.2. The molecule has 0 heterocycles. The smallest absolute Gasteiger partial charge is 0.244 e. The monoisotopic (exact) mass is 225 g/mol. The van der Waals surface area contributed by atoms with Crippen molar-refractivity contribution in [2.75, 3.05) is 7.11 Å². The van der Waals surface area contributed by atoms with Crippen LogP contribution in [0.4, 0.5) is 4.39 Å². The van der Waals surface area contributed by atoms with Crippen molar-refractivity contribution < 1.29 is 14.0 Å². The van der Waals surface area contributed by atoms with Gasteiger partial charge in [0.2, 0.25) is 5.91 Å². The van der Waals surface area contributed by atoms with E-state index in [4.69, 9.17) is 0 Å². The molecule has 0 spiro atoms. The Bertz CT molecular complexity index is 337. The highest BCUT2D eigenvalue weighted by Crippen LogP contribution is 2.23. The van der Waals surface area contributed by atoms with Gasteiger partial charge in [0, 0.05) is 6.42 Å². The quantitative estimate of drug-likeness (QED) is 0.781. The highest BCUT2D eigenvalue weighted by atomic mass is 19.1. The third kappa shape index (κ3) is 3.62. The lowest BCUT2D eigenvalue weighted by Gasteiger charge is -2.14. The molecule has 1 rings (SSSR count). The van der Waals surface area contributed by atoms with Crippen molar-refractivity contribution in [2.24, 2.45) is 0 Å². The van der Waals surface area contributed by atoms with E-state index in [-0.39, 0.29) is 17.6 Å². The van der Waals surface area contributed by atoms with E-state index in [1.54, 1.807) is 12.1 Å². The molecule has 4 heteroatoms. The molecule has 0 radical (unpaired) electrons. The molecule has 1 N–H and O–H groups in total. The predicted molar refractivity (Wildman–Crippen MR) is 59.2 cm³/mol. The number of carbonyl (C=O) groups is 1. The van der Waals surface area contributed by atoms with Crippen molar-refractivity contribution in [1.29, 1.82) is 0 Å². The summed E-state index contributed by atoms with van der Waals surface area (Å²) in [5.41, 5.74) is 3.25. The van der Waals surface area contributed by atoms with Gasteiger partial charge in [0.15, 0.2) is 0 Å². The maximum absolute atomic E-state index is 12.7. The molecule has 3 nitrogen and oxygen atoms in total. The summed E-state index contributed by atoms with van der Waals surface area (Å²) in [5, 5.41) is 0. The first kappa shape index (κ1) is 12.6. The van der Waals surface area contributed by atoms with Crippen molar-refractivity contribution in [3.8, 4) is 0 Å². The van der Waals surface area contributed by atoms with Crippen LogP contribution in [0.5, 0.6) is 0 Å². The second-order valence-corrected chi connectivity index (χ2v) is 3.59. The summed E-state index contributed by atoms with van der Waals surface area (Å²) in [4.78, 5) is 15.9. The van der Waals surface area contributed by atoms with Crippen molar-refractivity contribution in [1.82, 2.24) is 5.48 Å². The molecule has 0 saturated heterocycles. The van der Waals surface area contributed by atoms with E-state index in [1.165, 1.54) is 19.2 Å². The van der Waals surface area contributed by atoms with Gasteiger partial charge in [-0.3, -0.25) is 9.63 Å². The second-order valence-electron chi connectivity index (χ2n) is 3.59. The number of benzene rings is 1. The van der Waals surface area contributed by atoms with Crippen LogP contribution in [0.25, 0.3) is 0 Å². The molecule has 1 aromatic carbocycles. The van der Waals surface area contributed by atoms with Crippen LogP contribution in [0.3, 0.4) is 0 Å². The molecule has 1 unspecified atom stereocenters. The van der Waals surface area contributed by atoms with Crippen LogP contribution in [0, 0.1) is 5.82 Å². The zero-order chi connectivity index (χ0) is 12.0. The first-order valence-electron chi connectivity index (χ1n) is 5.24. The minimum Gasteiger partial charge on any atom is -0.277 e. The summed E-state index contributed by atoms with van der Waals surface area (Å²) in [6.07, 6.45) is 1.17. The van der Waals surface area contributed by atoms with Crippen molar-refractivity contribution in [3.05, 3.63) is 35.6 Å². The SMILES string of the molecule is CCC(CC(=O)NOC)c1ccc(F)cc1. The number of hydrogen-bond acceptors (Lipinski definition) is 2. The standard InChI is InChI=1S/C12H16FNO2/c1-3-9(8-12(15)14-16-2)10-4-6-11(13)7-5-10/h4-7,9H,3,8H2,1-2H3,(H,14,15). The number of hydroxylamine groups is 1. The first-order valence-corrected chi connectivity index (χ1v) is 5.24. The van der Waals surface area contributed by atoms with Crippen molar-refractivity contribution in [2.45, 2.75) is 25.7 Å². The van der Waals surface area contributed by atoms with E-state index in [2.05, 4.69) is 10.3 Å². The van der Waals surface area contributed by atoms with Gasteiger partial charge in [0.25, 0.3) is 0 Å². The number of nitrogens with one attached hydrogen (secondary N) is 1. The molecular weight excluding hydrogens is 209 g/mol.